The molecule has 3 nitrogen and oxygen atoms in total. The van der Waals surface area contributed by atoms with E-state index in [0.717, 1.165) is 54.7 Å². The Labute approximate surface area is 180 Å². The number of aliphatic imine (C=N–C) groups is 1. The van der Waals surface area contributed by atoms with E-state index in [1.54, 1.807) is 0 Å². The van der Waals surface area contributed by atoms with Gasteiger partial charge in [-0.25, -0.2) is 0 Å². The zero-order valence-corrected chi connectivity index (χ0v) is 17.7. The summed E-state index contributed by atoms with van der Waals surface area (Å²) in [5, 5.41) is 0. The van der Waals surface area contributed by atoms with E-state index in [1.807, 2.05) is 18.2 Å². The van der Waals surface area contributed by atoms with Crippen molar-refractivity contribution in [1.29, 1.82) is 0 Å². The molecule has 30 heavy (non-hydrogen) atoms. The molecule has 3 aromatic carbocycles. The van der Waals surface area contributed by atoms with Crippen LogP contribution in [0.4, 0.5) is 0 Å². The molecule has 0 N–H and O–H groups in total. The molecule has 0 heterocycles. The van der Waals surface area contributed by atoms with Crippen molar-refractivity contribution in [1.82, 2.24) is 4.90 Å². The molecule has 0 amide bonds. The van der Waals surface area contributed by atoms with Crippen LogP contribution < -0.4 is 4.74 Å². The number of benzene rings is 3. The minimum atomic E-state index is 0.737. The average molecular weight is 399 g/mol. The topological polar surface area (TPSA) is 24.8 Å². The van der Waals surface area contributed by atoms with Crippen LogP contribution in [0.15, 0.2) is 89.9 Å². The van der Waals surface area contributed by atoms with Gasteiger partial charge in [0.15, 0.2) is 0 Å². The lowest BCUT2D eigenvalue weighted by Crippen LogP contribution is -2.26. The number of hydrogen-bond donors (Lipinski definition) is 0. The fourth-order valence-electron chi connectivity index (χ4n) is 3.63. The van der Waals surface area contributed by atoms with E-state index < -0.39 is 0 Å². The zero-order valence-electron chi connectivity index (χ0n) is 17.7. The van der Waals surface area contributed by atoms with Crippen molar-refractivity contribution in [3.05, 3.63) is 102 Å². The van der Waals surface area contributed by atoms with Crippen molar-refractivity contribution in [2.45, 2.75) is 25.3 Å². The first-order valence-corrected chi connectivity index (χ1v) is 10.9. The summed E-state index contributed by atoms with van der Waals surface area (Å²) in [7, 11) is 2.19. The summed E-state index contributed by atoms with van der Waals surface area (Å²) in [6.07, 6.45) is 3.56. The van der Waals surface area contributed by atoms with E-state index in [4.69, 9.17) is 9.73 Å². The minimum Gasteiger partial charge on any atom is -0.492 e. The third-order valence-corrected chi connectivity index (χ3v) is 5.55. The summed E-state index contributed by atoms with van der Waals surface area (Å²) in [4.78, 5) is 7.37. The Bertz CT molecular complexity index is 907. The highest BCUT2D eigenvalue weighted by Crippen LogP contribution is 2.25. The molecule has 1 fully saturated rings. The van der Waals surface area contributed by atoms with Crippen LogP contribution in [0.5, 0.6) is 5.75 Å². The molecule has 3 heteroatoms. The monoisotopic (exact) mass is 398 g/mol. The van der Waals surface area contributed by atoms with Gasteiger partial charge in [0.1, 0.15) is 12.4 Å². The summed E-state index contributed by atoms with van der Waals surface area (Å²) >= 11 is 0. The molecule has 4 rings (SSSR count). The highest BCUT2D eigenvalue weighted by Gasteiger charge is 2.25. The number of hydrogen-bond acceptors (Lipinski definition) is 3. The first-order chi connectivity index (χ1) is 14.8. The molecule has 0 saturated heterocycles. The smallest absolute Gasteiger partial charge is 0.119 e. The number of rotatable bonds is 10. The predicted octanol–water partition coefficient (Wildman–Crippen LogP) is 5.24. The maximum absolute atomic E-state index is 5.98. The summed E-state index contributed by atoms with van der Waals surface area (Å²) in [5.74, 6) is 0.951. The molecular weight excluding hydrogens is 368 g/mol. The van der Waals surface area contributed by atoms with Crippen LogP contribution in [0, 0.1) is 0 Å². The molecule has 0 spiro atoms. The average Bonchev–Trinajstić information content (AvgIpc) is 3.64. The van der Waals surface area contributed by atoms with Gasteiger partial charge in [0.25, 0.3) is 0 Å². The zero-order chi connectivity index (χ0) is 20.6. The van der Waals surface area contributed by atoms with E-state index in [0.29, 0.717) is 0 Å². The Hall–Kier alpha value is -2.91. The van der Waals surface area contributed by atoms with Crippen molar-refractivity contribution in [3.63, 3.8) is 0 Å². The molecule has 3 aromatic rings. The molecule has 0 bridgehead atoms. The van der Waals surface area contributed by atoms with Crippen molar-refractivity contribution >= 4 is 5.71 Å². The minimum absolute atomic E-state index is 0.737. The fraction of sp³-hybridized carbons (Fsp3) is 0.296. The van der Waals surface area contributed by atoms with Gasteiger partial charge in [-0.05, 0) is 44.0 Å². The van der Waals surface area contributed by atoms with Crippen LogP contribution >= 0.6 is 0 Å². The molecule has 1 aliphatic carbocycles. The fourth-order valence-corrected chi connectivity index (χ4v) is 3.63. The van der Waals surface area contributed by atoms with Gasteiger partial charge in [0.05, 0.1) is 5.71 Å². The van der Waals surface area contributed by atoms with Gasteiger partial charge in [0.2, 0.25) is 0 Å². The normalized spacial score (nSPS) is 13.3. The van der Waals surface area contributed by atoms with Crippen molar-refractivity contribution in [3.8, 4) is 5.75 Å². The van der Waals surface area contributed by atoms with E-state index in [1.165, 1.54) is 18.4 Å². The quantitative estimate of drug-likeness (QED) is 0.436. The Morgan fingerprint density at radius 2 is 1.57 bits per heavy atom. The van der Waals surface area contributed by atoms with E-state index in [9.17, 15) is 0 Å². The van der Waals surface area contributed by atoms with Crippen LogP contribution in [0.1, 0.15) is 29.5 Å². The third kappa shape index (κ3) is 5.80. The van der Waals surface area contributed by atoms with Gasteiger partial charge < -0.3 is 9.64 Å². The molecule has 0 atom stereocenters. The van der Waals surface area contributed by atoms with Gasteiger partial charge in [0, 0.05) is 30.3 Å². The van der Waals surface area contributed by atoms with Crippen LogP contribution in [-0.4, -0.2) is 43.4 Å². The second-order valence-electron chi connectivity index (χ2n) is 7.92. The largest absolute Gasteiger partial charge is 0.492 e. The summed E-state index contributed by atoms with van der Waals surface area (Å²) in [6, 6.07) is 30.0. The molecule has 1 aliphatic rings. The Balaban J connectivity index is 1.38. The Morgan fingerprint density at radius 3 is 2.20 bits per heavy atom. The summed E-state index contributed by atoms with van der Waals surface area (Å²) < 4.78 is 5.98. The third-order valence-electron chi connectivity index (χ3n) is 5.55. The molecule has 154 valence electrons. The molecular formula is C27H30N2O. The molecule has 0 aromatic heterocycles. The molecule has 0 radical (unpaired) electrons. The molecule has 1 saturated carbocycles. The highest BCUT2D eigenvalue weighted by atomic mass is 16.5. The van der Waals surface area contributed by atoms with Gasteiger partial charge >= 0.3 is 0 Å². The first-order valence-electron chi connectivity index (χ1n) is 10.9. The Kier molecular flexibility index (Phi) is 6.94. The molecule has 0 unspecified atom stereocenters. The maximum Gasteiger partial charge on any atom is 0.119 e. The lowest BCUT2D eigenvalue weighted by Gasteiger charge is -2.16. The summed E-state index contributed by atoms with van der Waals surface area (Å²) in [6.45, 7) is 2.46. The van der Waals surface area contributed by atoms with Gasteiger partial charge in [-0.2, -0.15) is 0 Å². The predicted molar refractivity (Wildman–Crippen MR) is 125 cm³/mol. The number of ether oxygens (including phenoxy) is 1. The van der Waals surface area contributed by atoms with E-state index in [-0.39, 0.29) is 0 Å². The van der Waals surface area contributed by atoms with E-state index >= 15 is 0 Å². The number of likely N-dealkylation sites (N-methyl/N-ethyl adjacent to an activating group) is 1. The van der Waals surface area contributed by atoms with Crippen molar-refractivity contribution < 1.29 is 4.74 Å². The lowest BCUT2D eigenvalue weighted by molar-refractivity contribution is 0.232. The SMILES string of the molecule is CN(CCOc1cccc(CCN=C(c2ccccc2)c2ccccc2)c1)C1CC1. The second-order valence-corrected chi connectivity index (χ2v) is 7.92. The van der Waals surface area contributed by atoms with Crippen molar-refractivity contribution in [2.24, 2.45) is 4.99 Å². The van der Waals surface area contributed by atoms with E-state index in [2.05, 4.69) is 78.7 Å². The lowest BCUT2D eigenvalue weighted by atomic mass is 10.0. The highest BCUT2D eigenvalue weighted by molar-refractivity contribution is 6.12. The number of nitrogens with zero attached hydrogens (tertiary/aromatic N) is 2. The van der Waals surface area contributed by atoms with Crippen LogP contribution in [0.25, 0.3) is 0 Å². The van der Waals surface area contributed by atoms with Gasteiger partial charge in [-0.15, -0.1) is 0 Å². The second kappa shape index (κ2) is 10.2. The molecule has 0 aliphatic heterocycles. The maximum atomic E-state index is 5.98. The van der Waals surface area contributed by atoms with Crippen LogP contribution in [0.3, 0.4) is 0 Å². The van der Waals surface area contributed by atoms with Crippen molar-refractivity contribution in [2.75, 3.05) is 26.7 Å². The Morgan fingerprint density at radius 1 is 0.900 bits per heavy atom. The first kappa shape index (κ1) is 20.4. The standard InChI is InChI=1S/C27H30N2O/c1-29(25-15-16-25)19-20-30-26-14-8-9-22(21-26)17-18-28-27(23-10-4-2-5-11-23)24-12-6-3-7-13-24/h2-14,21,25H,15-20H2,1H3. The van der Waals surface area contributed by atoms with Gasteiger partial charge in [-0.1, -0.05) is 72.8 Å². The van der Waals surface area contributed by atoms with Crippen LogP contribution in [-0.2, 0) is 6.42 Å². The van der Waals surface area contributed by atoms with Crippen LogP contribution in [0.2, 0.25) is 0 Å². The summed E-state index contributed by atoms with van der Waals surface area (Å²) in [5.41, 5.74) is 4.61. The van der Waals surface area contributed by atoms with Gasteiger partial charge in [-0.3, -0.25) is 4.99 Å².